The Morgan fingerprint density at radius 2 is 2.05 bits per heavy atom. The number of nitrogens with zero attached hydrogens (tertiary/aromatic N) is 1. The van der Waals surface area contributed by atoms with E-state index < -0.39 is 5.63 Å². The summed E-state index contributed by atoms with van der Waals surface area (Å²) in [4.78, 5) is 23.4. The predicted octanol–water partition coefficient (Wildman–Crippen LogP) is 2.38. The Kier molecular flexibility index (Phi) is 3.67. The van der Waals surface area contributed by atoms with Gasteiger partial charge in [0.05, 0.1) is 17.2 Å². The van der Waals surface area contributed by atoms with E-state index in [4.69, 9.17) is 9.68 Å². The van der Waals surface area contributed by atoms with Gasteiger partial charge in [-0.3, -0.25) is 4.79 Å². The maximum Gasteiger partial charge on any atom is 0.336 e. The molecule has 0 bridgehead atoms. The number of nitriles is 1. The number of carbonyl (C=O) groups is 1. The fourth-order valence-corrected chi connectivity index (χ4v) is 1.96. The Labute approximate surface area is 115 Å². The molecule has 0 aliphatic heterocycles. The van der Waals surface area contributed by atoms with Gasteiger partial charge in [-0.25, -0.2) is 4.79 Å². The van der Waals surface area contributed by atoms with Gasteiger partial charge >= 0.3 is 5.63 Å². The molecule has 100 valence electrons. The molecular formula is C15H12N2O3. The molecular weight excluding hydrogens is 256 g/mol. The molecule has 1 aromatic heterocycles. The molecule has 5 nitrogen and oxygen atoms in total. The van der Waals surface area contributed by atoms with E-state index in [1.54, 1.807) is 38.1 Å². The zero-order chi connectivity index (χ0) is 14.7. The van der Waals surface area contributed by atoms with Crippen LogP contribution in [0.5, 0.6) is 0 Å². The molecule has 0 aliphatic carbocycles. The fraction of sp³-hybridized carbons (Fsp3) is 0.133. The summed E-state index contributed by atoms with van der Waals surface area (Å²) in [7, 11) is 0. The number of amides is 1. The quantitative estimate of drug-likeness (QED) is 0.906. The molecule has 0 aliphatic rings. The van der Waals surface area contributed by atoms with Crippen molar-refractivity contribution in [3.8, 4) is 6.07 Å². The summed E-state index contributed by atoms with van der Waals surface area (Å²) < 4.78 is 4.92. The van der Waals surface area contributed by atoms with E-state index in [0.717, 1.165) is 0 Å². The van der Waals surface area contributed by atoms with Gasteiger partial charge in [-0.1, -0.05) is 6.07 Å². The monoisotopic (exact) mass is 268 g/mol. The molecule has 1 N–H and O–H groups in total. The molecule has 1 heterocycles. The number of benzene rings is 1. The lowest BCUT2D eigenvalue weighted by atomic mass is 10.1. The van der Waals surface area contributed by atoms with Crippen molar-refractivity contribution in [2.45, 2.75) is 13.8 Å². The van der Waals surface area contributed by atoms with E-state index in [1.807, 2.05) is 6.07 Å². The SMILES string of the molecule is Cc1cc(=O)oc(C)c1C(=O)Nc1cccc(C#N)c1. The lowest BCUT2D eigenvalue weighted by Crippen LogP contribution is -2.17. The molecule has 0 spiro atoms. The average Bonchev–Trinajstić information content (AvgIpc) is 2.37. The first-order valence-electron chi connectivity index (χ1n) is 5.94. The Bertz CT molecular complexity index is 743. The van der Waals surface area contributed by atoms with Crippen LogP contribution in [0.25, 0.3) is 0 Å². The summed E-state index contributed by atoms with van der Waals surface area (Å²) in [6.45, 7) is 3.24. The number of hydrogen-bond acceptors (Lipinski definition) is 4. The van der Waals surface area contributed by atoms with E-state index >= 15 is 0 Å². The summed E-state index contributed by atoms with van der Waals surface area (Å²) in [6.07, 6.45) is 0. The van der Waals surface area contributed by atoms with Crippen molar-refractivity contribution in [1.29, 1.82) is 5.26 Å². The minimum atomic E-state index is -0.483. The van der Waals surface area contributed by atoms with E-state index in [0.29, 0.717) is 22.4 Å². The standard InChI is InChI=1S/C15H12N2O3/c1-9-6-13(18)20-10(2)14(9)15(19)17-12-5-3-4-11(7-12)8-16/h3-7H,1-2H3,(H,17,19). The highest BCUT2D eigenvalue weighted by Gasteiger charge is 2.15. The molecule has 2 rings (SSSR count). The Hall–Kier alpha value is -2.87. The lowest BCUT2D eigenvalue weighted by molar-refractivity contribution is 0.102. The highest BCUT2D eigenvalue weighted by atomic mass is 16.4. The third-order valence-corrected chi connectivity index (χ3v) is 2.81. The second-order valence-electron chi connectivity index (χ2n) is 4.33. The van der Waals surface area contributed by atoms with Gasteiger partial charge in [0.15, 0.2) is 0 Å². The highest BCUT2D eigenvalue weighted by Crippen LogP contribution is 2.15. The van der Waals surface area contributed by atoms with Crippen LogP contribution in [0.4, 0.5) is 5.69 Å². The largest absolute Gasteiger partial charge is 0.427 e. The van der Waals surface area contributed by atoms with E-state index in [1.165, 1.54) is 6.07 Å². The van der Waals surface area contributed by atoms with Gasteiger partial charge in [-0.15, -0.1) is 0 Å². The Morgan fingerprint density at radius 1 is 1.30 bits per heavy atom. The van der Waals surface area contributed by atoms with Gasteiger partial charge in [0, 0.05) is 11.8 Å². The first-order chi connectivity index (χ1) is 9.51. The van der Waals surface area contributed by atoms with Gasteiger partial charge in [0.2, 0.25) is 0 Å². The molecule has 20 heavy (non-hydrogen) atoms. The van der Waals surface area contributed by atoms with Gasteiger partial charge in [-0.2, -0.15) is 5.26 Å². The van der Waals surface area contributed by atoms with Crippen molar-refractivity contribution in [2.24, 2.45) is 0 Å². The van der Waals surface area contributed by atoms with Crippen LogP contribution in [0.1, 0.15) is 27.2 Å². The summed E-state index contributed by atoms with van der Waals surface area (Å²) in [5.74, 6) is -0.109. The van der Waals surface area contributed by atoms with Crippen LogP contribution >= 0.6 is 0 Å². The maximum absolute atomic E-state index is 12.2. The van der Waals surface area contributed by atoms with E-state index in [9.17, 15) is 9.59 Å². The van der Waals surface area contributed by atoms with E-state index in [2.05, 4.69) is 5.32 Å². The molecule has 0 radical (unpaired) electrons. The molecule has 5 heteroatoms. The number of anilines is 1. The molecule has 1 amide bonds. The normalized spacial score (nSPS) is 9.85. The smallest absolute Gasteiger partial charge is 0.336 e. The summed E-state index contributed by atoms with van der Waals surface area (Å²) in [5, 5.41) is 11.5. The second kappa shape index (κ2) is 5.41. The minimum Gasteiger partial charge on any atom is -0.427 e. The molecule has 1 aromatic carbocycles. The van der Waals surface area contributed by atoms with Crippen LogP contribution in [0.3, 0.4) is 0 Å². The molecule has 0 saturated heterocycles. The van der Waals surface area contributed by atoms with Gasteiger partial charge in [0.1, 0.15) is 5.76 Å². The van der Waals surface area contributed by atoms with Crippen LogP contribution in [0.2, 0.25) is 0 Å². The van der Waals surface area contributed by atoms with Crippen LogP contribution in [0, 0.1) is 25.2 Å². The molecule has 2 aromatic rings. The molecule has 0 saturated carbocycles. The van der Waals surface area contributed by atoms with E-state index in [-0.39, 0.29) is 11.7 Å². The molecule has 0 unspecified atom stereocenters. The van der Waals surface area contributed by atoms with Crippen molar-refractivity contribution >= 4 is 11.6 Å². The zero-order valence-electron chi connectivity index (χ0n) is 11.1. The van der Waals surface area contributed by atoms with Crippen LogP contribution in [0.15, 0.2) is 39.5 Å². The van der Waals surface area contributed by atoms with Crippen molar-refractivity contribution < 1.29 is 9.21 Å². The number of rotatable bonds is 2. The first-order valence-corrected chi connectivity index (χ1v) is 5.94. The fourth-order valence-electron chi connectivity index (χ4n) is 1.96. The van der Waals surface area contributed by atoms with Gasteiger partial charge in [0.25, 0.3) is 5.91 Å². The summed E-state index contributed by atoms with van der Waals surface area (Å²) in [6, 6.07) is 9.85. The predicted molar refractivity (Wildman–Crippen MR) is 73.6 cm³/mol. The topological polar surface area (TPSA) is 83.1 Å². The number of carbonyl (C=O) groups excluding carboxylic acids is 1. The number of hydrogen-bond donors (Lipinski definition) is 1. The summed E-state index contributed by atoms with van der Waals surface area (Å²) >= 11 is 0. The maximum atomic E-state index is 12.2. The minimum absolute atomic E-state index is 0.268. The zero-order valence-corrected chi connectivity index (χ0v) is 11.1. The van der Waals surface area contributed by atoms with Crippen molar-refractivity contribution in [3.05, 3.63) is 63.2 Å². The Balaban J connectivity index is 2.33. The first kappa shape index (κ1) is 13.6. The summed E-state index contributed by atoms with van der Waals surface area (Å²) in [5.41, 5.74) is 1.36. The van der Waals surface area contributed by atoms with Crippen molar-refractivity contribution in [3.63, 3.8) is 0 Å². The second-order valence-corrected chi connectivity index (χ2v) is 4.33. The number of nitrogens with one attached hydrogen (secondary N) is 1. The lowest BCUT2D eigenvalue weighted by Gasteiger charge is -2.09. The third kappa shape index (κ3) is 2.75. The Morgan fingerprint density at radius 3 is 2.70 bits per heavy atom. The highest BCUT2D eigenvalue weighted by molar-refractivity contribution is 6.05. The third-order valence-electron chi connectivity index (χ3n) is 2.81. The number of aryl methyl sites for hydroxylation is 2. The van der Waals surface area contributed by atoms with Crippen LogP contribution in [-0.2, 0) is 0 Å². The van der Waals surface area contributed by atoms with Crippen LogP contribution < -0.4 is 10.9 Å². The van der Waals surface area contributed by atoms with Crippen LogP contribution in [-0.4, -0.2) is 5.91 Å². The van der Waals surface area contributed by atoms with Crippen molar-refractivity contribution in [2.75, 3.05) is 5.32 Å². The molecule has 0 fully saturated rings. The van der Waals surface area contributed by atoms with Gasteiger partial charge < -0.3 is 9.73 Å². The van der Waals surface area contributed by atoms with Gasteiger partial charge in [-0.05, 0) is 37.6 Å². The average molecular weight is 268 g/mol. The molecule has 0 atom stereocenters. The van der Waals surface area contributed by atoms with Crippen molar-refractivity contribution in [1.82, 2.24) is 0 Å².